The topological polar surface area (TPSA) is 74.2 Å². The number of rotatable bonds is 6. The number of ether oxygens (including phenoxy) is 4. The summed E-state index contributed by atoms with van der Waals surface area (Å²) in [4.78, 5) is 11.0. The Morgan fingerprint density at radius 3 is 2.74 bits per heavy atom. The normalized spacial score (nSPS) is 24.6. The van der Waals surface area contributed by atoms with Gasteiger partial charge in [-0.1, -0.05) is 34.1 Å². The number of hydrogen-bond acceptors (Lipinski definition) is 5. The van der Waals surface area contributed by atoms with E-state index in [4.69, 9.17) is 24.1 Å². The number of carbonyl (C=O) groups is 1. The summed E-state index contributed by atoms with van der Waals surface area (Å²) in [6.45, 7) is 8.12. The third-order valence-electron chi connectivity index (χ3n) is 5.89. The van der Waals surface area contributed by atoms with Gasteiger partial charge in [-0.25, -0.2) is 4.79 Å². The van der Waals surface area contributed by atoms with Crippen molar-refractivity contribution < 1.29 is 28.8 Å². The Morgan fingerprint density at radius 2 is 2.00 bits per heavy atom. The molecule has 0 bridgehead atoms. The number of aliphatic carboxylic acids is 1. The van der Waals surface area contributed by atoms with Gasteiger partial charge in [-0.05, 0) is 56.2 Å². The average Bonchev–Trinajstić information content (AvgIpc) is 3.20. The minimum Gasteiger partial charge on any atom is -0.482 e. The lowest BCUT2D eigenvalue weighted by molar-refractivity contribution is -0.139. The molecule has 1 saturated heterocycles. The van der Waals surface area contributed by atoms with Crippen LogP contribution in [-0.4, -0.2) is 30.6 Å². The first kappa shape index (κ1) is 21.7. The van der Waals surface area contributed by atoms with Crippen molar-refractivity contribution in [1.29, 1.82) is 0 Å². The molecular weight excluding hydrogens is 464 g/mol. The zero-order valence-corrected chi connectivity index (χ0v) is 19.1. The molecule has 2 aromatic rings. The maximum atomic E-state index is 11.0. The predicted molar refractivity (Wildman–Crippen MR) is 119 cm³/mol. The van der Waals surface area contributed by atoms with E-state index in [0.29, 0.717) is 5.75 Å². The van der Waals surface area contributed by atoms with E-state index < -0.39 is 12.6 Å². The van der Waals surface area contributed by atoms with Gasteiger partial charge in [0.05, 0.1) is 12.2 Å². The fourth-order valence-corrected chi connectivity index (χ4v) is 4.70. The summed E-state index contributed by atoms with van der Waals surface area (Å²) < 4.78 is 24.0. The summed E-state index contributed by atoms with van der Waals surface area (Å²) in [7, 11) is 0. The zero-order chi connectivity index (χ0) is 22.1. The molecule has 0 amide bonds. The van der Waals surface area contributed by atoms with Crippen LogP contribution in [0.25, 0.3) is 0 Å². The molecule has 2 aromatic carbocycles. The lowest BCUT2D eigenvalue weighted by atomic mass is 9.76. The molecule has 0 saturated carbocycles. The Kier molecular flexibility index (Phi) is 6.25. The maximum Gasteiger partial charge on any atom is 0.341 e. The van der Waals surface area contributed by atoms with Gasteiger partial charge < -0.3 is 24.1 Å². The van der Waals surface area contributed by atoms with Gasteiger partial charge in [-0.2, -0.15) is 0 Å². The predicted octanol–water partition coefficient (Wildman–Crippen LogP) is 5.47. The van der Waals surface area contributed by atoms with Crippen molar-refractivity contribution in [2.45, 2.75) is 38.4 Å². The summed E-state index contributed by atoms with van der Waals surface area (Å²) in [5, 5.41) is 9.04. The first-order valence-corrected chi connectivity index (χ1v) is 11.0. The molecular formula is C24H25BrO6. The fraction of sp³-hybridized carbons (Fsp3) is 0.375. The smallest absolute Gasteiger partial charge is 0.341 e. The molecule has 0 unspecified atom stereocenters. The standard InChI is InChI=1S/C24H25BrO6/c1-13(2)17-10-18(15-4-6-21-22(8-15)30-12-29-21)14(3)31-24(17)19-9-16(25)5-7-20(19)28-11-23(26)27/h4-9,14,17-18,24H,1,10-12H2,2-3H3,(H,26,27)/t14-,17+,18-,24-/m0/s1. The van der Waals surface area contributed by atoms with E-state index in [1.165, 1.54) is 0 Å². The Bertz CT molecular complexity index is 1000. The van der Waals surface area contributed by atoms with Crippen molar-refractivity contribution in [3.8, 4) is 17.2 Å². The first-order chi connectivity index (χ1) is 14.8. The molecule has 4 rings (SSSR count). The Balaban J connectivity index is 1.64. The van der Waals surface area contributed by atoms with Crippen LogP contribution in [0.3, 0.4) is 0 Å². The molecule has 4 atom stereocenters. The van der Waals surface area contributed by atoms with Crippen LogP contribution >= 0.6 is 15.9 Å². The number of fused-ring (bicyclic) bond motifs is 1. The molecule has 0 spiro atoms. The molecule has 1 fully saturated rings. The zero-order valence-electron chi connectivity index (χ0n) is 17.5. The SMILES string of the molecule is C=C(C)[C@H]1C[C@H](c2ccc3c(c2)OCO3)[C@H](C)O[C@@H]1c1cc(Br)ccc1OCC(=O)O. The lowest BCUT2D eigenvalue weighted by Gasteiger charge is -2.42. The molecule has 2 aliphatic heterocycles. The number of carboxylic acid groups (broad SMARTS) is 1. The Hall–Kier alpha value is -2.51. The second-order valence-corrected chi connectivity index (χ2v) is 8.95. The minimum atomic E-state index is -1.02. The molecule has 6 nitrogen and oxygen atoms in total. The van der Waals surface area contributed by atoms with Crippen molar-refractivity contribution in [3.05, 3.63) is 64.1 Å². The summed E-state index contributed by atoms with van der Waals surface area (Å²) in [5.41, 5.74) is 2.96. The van der Waals surface area contributed by atoms with E-state index in [2.05, 4.69) is 35.5 Å². The van der Waals surface area contributed by atoms with E-state index in [-0.39, 0.29) is 30.8 Å². The molecule has 0 aromatic heterocycles. The van der Waals surface area contributed by atoms with E-state index in [1.807, 2.05) is 31.2 Å². The van der Waals surface area contributed by atoms with Crippen molar-refractivity contribution >= 4 is 21.9 Å². The van der Waals surface area contributed by atoms with Crippen molar-refractivity contribution in [3.63, 3.8) is 0 Å². The highest BCUT2D eigenvalue weighted by Crippen LogP contribution is 2.49. The number of halogens is 1. The highest BCUT2D eigenvalue weighted by atomic mass is 79.9. The van der Waals surface area contributed by atoms with Crippen LogP contribution in [0.15, 0.2) is 53.0 Å². The van der Waals surface area contributed by atoms with E-state index in [1.54, 1.807) is 6.07 Å². The van der Waals surface area contributed by atoms with Crippen LogP contribution in [0, 0.1) is 5.92 Å². The third kappa shape index (κ3) is 4.57. The monoisotopic (exact) mass is 488 g/mol. The first-order valence-electron chi connectivity index (χ1n) is 10.2. The van der Waals surface area contributed by atoms with Gasteiger partial charge in [-0.3, -0.25) is 0 Å². The summed E-state index contributed by atoms with van der Waals surface area (Å²) in [5.74, 6) is 1.20. The van der Waals surface area contributed by atoms with Gasteiger partial charge in [0, 0.05) is 21.9 Å². The van der Waals surface area contributed by atoms with Crippen LogP contribution in [-0.2, 0) is 9.53 Å². The number of benzene rings is 2. The molecule has 0 radical (unpaired) electrons. The molecule has 0 aliphatic carbocycles. The Morgan fingerprint density at radius 1 is 1.23 bits per heavy atom. The molecule has 7 heteroatoms. The number of hydrogen-bond donors (Lipinski definition) is 1. The van der Waals surface area contributed by atoms with E-state index in [9.17, 15) is 4.79 Å². The van der Waals surface area contributed by atoms with Crippen LogP contribution in [0.1, 0.15) is 43.4 Å². The maximum absolute atomic E-state index is 11.0. The van der Waals surface area contributed by atoms with Gasteiger partial charge in [-0.15, -0.1) is 0 Å². The largest absolute Gasteiger partial charge is 0.482 e. The van der Waals surface area contributed by atoms with Crippen LogP contribution < -0.4 is 14.2 Å². The van der Waals surface area contributed by atoms with Crippen molar-refractivity contribution in [2.75, 3.05) is 13.4 Å². The highest BCUT2D eigenvalue weighted by Gasteiger charge is 2.39. The van der Waals surface area contributed by atoms with Gasteiger partial charge in [0.25, 0.3) is 0 Å². The summed E-state index contributed by atoms with van der Waals surface area (Å²) in [6.07, 6.45) is 0.470. The van der Waals surface area contributed by atoms with Crippen molar-refractivity contribution in [2.24, 2.45) is 5.92 Å². The molecule has 164 valence electrons. The van der Waals surface area contributed by atoms with Crippen LogP contribution in [0.2, 0.25) is 0 Å². The minimum absolute atomic E-state index is 0.0353. The van der Waals surface area contributed by atoms with Gasteiger partial charge >= 0.3 is 5.97 Å². The Labute approximate surface area is 189 Å². The second-order valence-electron chi connectivity index (χ2n) is 8.03. The lowest BCUT2D eigenvalue weighted by Crippen LogP contribution is -2.34. The fourth-order valence-electron chi connectivity index (χ4n) is 4.32. The van der Waals surface area contributed by atoms with Gasteiger partial charge in [0.1, 0.15) is 5.75 Å². The van der Waals surface area contributed by atoms with E-state index in [0.717, 1.165) is 39.1 Å². The molecule has 31 heavy (non-hydrogen) atoms. The average molecular weight is 489 g/mol. The molecule has 1 N–H and O–H groups in total. The summed E-state index contributed by atoms with van der Waals surface area (Å²) in [6, 6.07) is 11.6. The van der Waals surface area contributed by atoms with E-state index >= 15 is 0 Å². The highest BCUT2D eigenvalue weighted by molar-refractivity contribution is 9.10. The number of carboxylic acids is 1. The van der Waals surface area contributed by atoms with Gasteiger partial charge in [0.2, 0.25) is 6.79 Å². The summed E-state index contributed by atoms with van der Waals surface area (Å²) >= 11 is 3.52. The van der Waals surface area contributed by atoms with Crippen LogP contribution in [0.5, 0.6) is 17.2 Å². The quantitative estimate of drug-likeness (QED) is 0.543. The molecule has 2 heterocycles. The second kappa shape index (κ2) is 8.93. The van der Waals surface area contributed by atoms with Crippen molar-refractivity contribution in [1.82, 2.24) is 0 Å². The molecule has 2 aliphatic rings. The van der Waals surface area contributed by atoms with Crippen LogP contribution in [0.4, 0.5) is 0 Å². The van der Waals surface area contributed by atoms with Gasteiger partial charge in [0.15, 0.2) is 18.1 Å². The third-order valence-corrected chi connectivity index (χ3v) is 6.38.